The Labute approximate surface area is 162 Å². The molecule has 0 unspecified atom stereocenters. The van der Waals surface area contributed by atoms with Gasteiger partial charge in [-0.25, -0.2) is 14.8 Å². The topological polar surface area (TPSA) is 101 Å². The molecule has 0 aliphatic heterocycles. The second kappa shape index (κ2) is 8.43. The first kappa shape index (κ1) is 19.2. The summed E-state index contributed by atoms with van der Waals surface area (Å²) in [7, 11) is 3.73. The van der Waals surface area contributed by atoms with Crippen molar-refractivity contribution in [3.05, 3.63) is 66.1 Å². The van der Waals surface area contributed by atoms with Gasteiger partial charge in [-0.1, -0.05) is 12.1 Å². The molecule has 0 bridgehead atoms. The van der Waals surface area contributed by atoms with Gasteiger partial charge in [0.05, 0.1) is 18.1 Å². The lowest BCUT2D eigenvalue weighted by atomic mass is 10.1. The van der Waals surface area contributed by atoms with Gasteiger partial charge in [0, 0.05) is 50.6 Å². The molecular formula is C20H21N5O3. The summed E-state index contributed by atoms with van der Waals surface area (Å²) in [5.74, 6) is -0.208. The van der Waals surface area contributed by atoms with Crippen molar-refractivity contribution >= 4 is 11.9 Å². The van der Waals surface area contributed by atoms with Crippen LogP contribution in [0.25, 0.3) is 11.3 Å². The van der Waals surface area contributed by atoms with E-state index in [4.69, 9.17) is 5.11 Å². The Morgan fingerprint density at radius 2 is 1.93 bits per heavy atom. The summed E-state index contributed by atoms with van der Waals surface area (Å²) < 4.78 is 1.97. The number of hydrogen-bond donors (Lipinski definition) is 1. The molecular weight excluding hydrogens is 358 g/mol. The van der Waals surface area contributed by atoms with Crippen LogP contribution in [0.15, 0.2) is 49.1 Å². The smallest absolute Gasteiger partial charge is 0.356 e. The first-order valence-electron chi connectivity index (χ1n) is 8.83. The van der Waals surface area contributed by atoms with Crippen molar-refractivity contribution in [3.63, 3.8) is 0 Å². The fourth-order valence-corrected chi connectivity index (χ4v) is 2.83. The number of carboxylic acid groups (broad SMARTS) is 1. The van der Waals surface area contributed by atoms with Crippen LogP contribution in [0.4, 0.5) is 0 Å². The lowest BCUT2D eigenvalue weighted by Gasteiger charge is -2.17. The summed E-state index contributed by atoms with van der Waals surface area (Å²) in [6.45, 7) is 0.625. The third-order valence-electron chi connectivity index (χ3n) is 4.44. The van der Waals surface area contributed by atoms with E-state index in [2.05, 4.69) is 15.0 Å². The Hall–Kier alpha value is -3.55. The van der Waals surface area contributed by atoms with Gasteiger partial charge in [0.25, 0.3) is 5.91 Å². The molecule has 2 aromatic heterocycles. The van der Waals surface area contributed by atoms with E-state index in [1.165, 1.54) is 12.4 Å². The number of carbonyl (C=O) groups is 2. The Morgan fingerprint density at radius 1 is 1.18 bits per heavy atom. The van der Waals surface area contributed by atoms with Crippen LogP contribution < -0.4 is 0 Å². The largest absolute Gasteiger partial charge is 0.476 e. The fourth-order valence-electron chi connectivity index (χ4n) is 2.83. The zero-order valence-electron chi connectivity index (χ0n) is 15.7. The molecule has 8 heteroatoms. The van der Waals surface area contributed by atoms with Crippen molar-refractivity contribution in [2.24, 2.45) is 7.05 Å². The molecule has 0 fully saturated rings. The van der Waals surface area contributed by atoms with E-state index in [1.54, 1.807) is 42.4 Å². The molecule has 0 radical (unpaired) electrons. The van der Waals surface area contributed by atoms with Gasteiger partial charge >= 0.3 is 5.97 Å². The molecule has 144 valence electrons. The number of aromatic nitrogens is 4. The molecule has 8 nitrogen and oxygen atoms in total. The summed E-state index contributed by atoms with van der Waals surface area (Å²) in [5.41, 5.74) is 1.59. The summed E-state index contributed by atoms with van der Waals surface area (Å²) in [6, 6.07) is 6.90. The molecule has 1 N–H and O–H groups in total. The van der Waals surface area contributed by atoms with Gasteiger partial charge in [-0.2, -0.15) is 0 Å². The first-order valence-corrected chi connectivity index (χ1v) is 8.83. The molecule has 3 aromatic rings. The van der Waals surface area contributed by atoms with Gasteiger partial charge in [-0.15, -0.1) is 0 Å². The van der Waals surface area contributed by atoms with Crippen molar-refractivity contribution in [1.82, 2.24) is 24.4 Å². The molecule has 0 aliphatic carbocycles. The van der Waals surface area contributed by atoms with Crippen LogP contribution in [0.1, 0.15) is 33.1 Å². The van der Waals surface area contributed by atoms with Gasteiger partial charge in [-0.3, -0.25) is 9.78 Å². The highest BCUT2D eigenvalue weighted by molar-refractivity contribution is 5.94. The van der Waals surface area contributed by atoms with Crippen LogP contribution in [0, 0.1) is 0 Å². The van der Waals surface area contributed by atoms with Crippen LogP contribution in [0.3, 0.4) is 0 Å². The number of benzene rings is 1. The number of amides is 1. The molecule has 3 rings (SSSR count). The zero-order chi connectivity index (χ0) is 20.1. The summed E-state index contributed by atoms with van der Waals surface area (Å²) in [4.78, 5) is 37.5. The molecule has 2 heterocycles. The average molecular weight is 379 g/mol. The molecule has 0 saturated heterocycles. The molecule has 1 amide bonds. The van der Waals surface area contributed by atoms with E-state index in [9.17, 15) is 9.59 Å². The lowest BCUT2D eigenvalue weighted by Crippen LogP contribution is -2.28. The van der Waals surface area contributed by atoms with Crippen LogP contribution in [-0.4, -0.2) is 55.0 Å². The molecule has 0 spiro atoms. The minimum absolute atomic E-state index is 0.0724. The fraction of sp³-hybridized carbons (Fsp3) is 0.250. The molecule has 1 aromatic carbocycles. The number of carbonyl (C=O) groups excluding carboxylic acids is 1. The quantitative estimate of drug-likeness (QED) is 0.676. The van der Waals surface area contributed by atoms with Gasteiger partial charge < -0.3 is 14.6 Å². The van der Waals surface area contributed by atoms with Crippen molar-refractivity contribution in [3.8, 4) is 11.3 Å². The van der Waals surface area contributed by atoms with E-state index >= 15 is 0 Å². The molecule has 28 heavy (non-hydrogen) atoms. The highest BCUT2D eigenvalue weighted by Gasteiger charge is 2.13. The van der Waals surface area contributed by atoms with Gasteiger partial charge in [0.1, 0.15) is 5.82 Å². The third-order valence-corrected chi connectivity index (χ3v) is 4.44. The van der Waals surface area contributed by atoms with Crippen LogP contribution in [0.2, 0.25) is 0 Å². The Bertz CT molecular complexity index is 982. The number of aromatic carboxylic acids is 1. The summed E-state index contributed by atoms with van der Waals surface area (Å²) in [6.07, 6.45) is 7.99. The van der Waals surface area contributed by atoms with Crippen LogP contribution >= 0.6 is 0 Å². The van der Waals surface area contributed by atoms with Crippen molar-refractivity contribution in [2.45, 2.75) is 12.8 Å². The van der Waals surface area contributed by atoms with E-state index in [-0.39, 0.29) is 11.6 Å². The second-order valence-corrected chi connectivity index (χ2v) is 6.46. The maximum absolute atomic E-state index is 12.6. The third kappa shape index (κ3) is 4.40. The maximum Gasteiger partial charge on any atom is 0.356 e. The molecule has 0 atom stereocenters. The van der Waals surface area contributed by atoms with Crippen molar-refractivity contribution < 1.29 is 14.7 Å². The van der Waals surface area contributed by atoms with E-state index in [0.717, 1.165) is 18.7 Å². The number of aryl methyl sites for hydroxylation is 2. The van der Waals surface area contributed by atoms with Crippen LogP contribution in [-0.2, 0) is 13.5 Å². The van der Waals surface area contributed by atoms with Crippen LogP contribution in [0.5, 0.6) is 0 Å². The summed E-state index contributed by atoms with van der Waals surface area (Å²) >= 11 is 0. The number of rotatable bonds is 7. The Balaban J connectivity index is 1.62. The predicted octanol–water partition coefficient (Wildman–Crippen LogP) is 2.28. The monoisotopic (exact) mass is 379 g/mol. The zero-order valence-corrected chi connectivity index (χ0v) is 15.7. The average Bonchev–Trinajstić information content (AvgIpc) is 3.12. The Morgan fingerprint density at radius 3 is 2.57 bits per heavy atom. The maximum atomic E-state index is 12.6. The highest BCUT2D eigenvalue weighted by atomic mass is 16.4. The normalized spacial score (nSPS) is 10.6. The highest BCUT2D eigenvalue weighted by Crippen LogP contribution is 2.18. The van der Waals surface area contributed by atoms with E-state index in [0.29, 0.717) is 23.4 Å². The number of imidazole rings is 1. The minimum Gasteiger partial charge on any atom is -0.476 e. The van der Waals surface area contributed by atoms with Gasteiger partial charge in [0.15, 0.2) is 5.69 Å². The number of hydrogen-bond acceptors (Lipinski definition) is 5. The minimum atomic E-state index is -1.13. The SMILES string of the molecule is CN(CCCc1nccn1C)C(=O)c1ccc(-c2cncc(C(=O)O)n2)cc1. The second-order valence-electron chi connectivity index (χ2n) is 6.46. The van der Waals surface area contributed by atoms with Gasteiger partial charge in [-0.05, 0) is 18.6 Å². The van der Waals surface area contributed by atoms with Gasteiger partial charge in [0.2, 0.25) is 0 Å². The standard InChI is InChI=1S/C20H21N5O3/c1-24-11-9-22-18(24)4-3-10-25(2)19(26)15-7-5-14(6-8-15)16-12-21-13-17(23-16)20(27)28/h5-9,11-13H,3-4,10H2,1-2H3,(H,27,28). The summed E-state index contributed by atoms with van der Waals surface area (Å²) in [5, 5.41) is 9.02. The lowest BCUT2D eigenvalue weighted by molar-refractivity contribution is 0.0689. The number of carboxylic acids is 1. The molecule has 0 saturated carbocycles. The first-order chi connectivity index (χ1) is 13.5. The van der Waals surface area contributed by atoms with E-state index < -0.39 is 5.97 Å². The predicted molar refractivity (Wildman–Crippen MR) is 103 cm³/mol. The Kier molecular flexibility index (Phi) is 5.78. The van der Waals surface area contributed by atoms with E-state index in [1.807, 2.05) is 17.8 Å². The number of nitrogens with zero attached hydrogens (tertiary/aromatic N) is 5. The van der Waals surface area contributed by atoms with Crippen molar-refractivity contribution in [1.29, 1.82) is 0 Å². The molecule has 0 aliphatic rings. The van der Waals surface area contributed by atoms with Crippen molar-refractivity contribution in [2.75, 3.05) is 13.6 Å².